The Labute approximate surface area is 195 Å². The summed E-state index contributed by atoms with van der Waals surface area (Å²) in [4.78, 5) is 3.32. The van der Waals surface area contributed by atoms with Crippen molar-refractivity contribution >= 4 is 26.6 Å². The van der Waals surface area contributed by atoms with E-state index in [0.29, 0.717) is 12.3 Å². The summed E-state index contributed by atoms with van der Waals surface area (Å²) in [5.74, 6) is 0.835. The van der Waals surface area contributed by atoms with Gasteiger partial charge in [-0.3, -0.25) is 4.72 Å². The van der Waals surface area contributed by atoms with Crippen LogP contribution >= 0.6 is 0 Å². The van der Waals surface area contributed by atoms with Gasteiger partial charge in [0.2, 0.25) is 10.0 Å². The summed E-state index contributed by atoms with van der Waals surface area (Å²) in [5, 5.41) is 1.02. The standard InChI is InChI=1S/C27H30N2O3S/c1-4-27(5-2,21-14-16-22(17-15-21)32-19-20-10-7-6-8-11-20)24-18-28-26-23(24)12-9-13-25(26)29-33(3,30)31/h6-18,28-29H,4-5,19H2,1-3H3. The van der Waals surface area contributed by atoms with E-state index in [4.69, 9.17) is 4.74 Å². The van der Waals surface area contributed by atoms with E-state index in [0.717, 1.165) is 40.6 Å². The van der Waals surface area contributed by atoms with Crippen molar-refractivity contribution in [2.45, 2.75) is 38.7 Å². The Hall–Kier alpha value is -3.25. The van der Waals surface area contributed by atoms with Gasteiger partial charge in [0.1, 0.15) is 12.4 Å². The zero-order chi connectivity index (χ0) is 23.5. The SMILES string of the molecule is CCC(CC)(c1ccc(OCc2ccccc2)cc1)c1c[nH]c2c(NS(C)(=O)=O)cccc12. The van der Waals surface area contributed by atoms with Gasteiger partial charge in [-0.1, -0.05) is 68.4 Å². The Morgan fingerprint density at radius 2 is 1.61 bits per heavy atom. The quantitative estimate of drug-likeness (QED) is 0.310. The Morgan fingerprint density at radius 1 is 0.909 bits per heavy atom. The van der Waals surface area contributed by atoms with Crippen LogP contribution in [0.4, 0.5) is 5.69 Å². The number of nitrogens with one attached hydrogen (secondary N) is 2. The molecule has 2 N–H and O–H groups in total. The van der Waals surface area contributed by atoms with Gasteiger partial charge in [0, 0.05) is 17.0 Å². The first-order chi connectivity index (χ1) is 15.9. The molecule has 1 heterocycles. The molecule has 0 aliphatic carbocycles. The normalized spacial score (nSPS) is 12.1. The zero-order valence-corrected chi connectivity index (χ0v) is 20.1. The van der Waals surface area contributed by atoms with Crippen molar-refractivity contribution < 1.29 is 13.2 Å². The second-order valence-electron chi connectivity index (χ2n) is 8.39. The van der Waals surface area contributed by atoms with Gasteiger partial charge < -0.3 is 9.72 Å². The molecule has 33 heavy (non-hydrogen) atoms. The number of sulfonamides is 1. The molecule has 0 unspecified atom stereocenters. The molecule has 1 aromatic heterocycles. The van der Waals surface area contributed by atoms with Gasteiger partial charge in [-0.2, -0.15) is 0 Å². The third-order valence-electron chi connectivity index (χ3n) is 6.39. The topological polar surface area (TPSA) is 71.2 Å². The van der Waals surface area contributed by atoms with Gasteiger partial charge in [-0.05, 0) is 47.7 Å². The maximum absolute atomic E-state index is 11.8. The molecule has 0 radical (unpaired) electrons. The van der Waals surface area contributed by atoms with Gasteiger partial charge >= 0.3 is 0 Å². The summed E-state index contributed by atoms with van der Waals surface area (Å²) >= 11 is 0. The lowest BCUT2D eigenvalue weighted by Crippen LogP contribution is -2.25. The lowest BCUT2D eigenvalue weighted by atomic mass is 9.70. The van der Waals surface area contributed by atoms with E-state index in [1.54, 1.807) is 6.07 Å². The molecule has 0 bridgehead atoms. The van der Waals surface area contributed by atoms with Crippen LogP contribution in [0.2, 0.25) is 0 Å². The van der Waals surface area contributed by atoms with E-state index in [9.17, 15) is 8.42 Å². The summed E-state index contributed by atoms with van der Waals surface area (Å²) in [5.41, 5.74) is 4.66. The Kier molecular flexibility index (Phi) is 6.47. The first kappa shape index (κ1) is 22.9. The summed E-state index contributed by atoms with van der Waals surface area (Å²) in [6, 6.07) is 24.2. The summed E-state index contributed by atoms with van der Waals surface area (Å²) in [6.07, 6.45) is 5.00. The van der Waals surface area contributed by atoms with Crippen LogP contribution in [0.5, 0.6) is 5.75 Å². The third-order valence-corrected chi connectivity index (χ3v) is 6.98. The first-order valence-corrected chi connectivity index (χ1v) is 13.1. The van der Waals surface area contributed by atoms with Gasteiger partial charge in [0.05, 0.1) is 17.5 Å². The van der Waals surface area contributed by atoms with E-state index in [2.05, 4.69) is 47.8 Å². The highest BCUT2D eigenvalue weighted by Gasteiger charge is 2.33. The molecule has 6 heteroatoms. The van der Waals surface area contributed by atoms with E-state index in [1.165, 1.54) is 11.8 Å². The molecule has 4 rings (SSSR count). The zero-order valence-electron chi connectivity index (χ0n) is 19.3. The lowest BCUT2D eigenvalue weighted by molar-refractivity contribution is 0.306. The van der Waals surface area contributed by atoms with Crippen LogP contribution in [0, 0.1) is 0 Å². The predicted molar refractivity (Wildman–Crippen MR) is 135 cm³/mol. The average Bonchev–Trinajstić information content (AvgIpc) is 3.25. The second-order valence-corrected chi connectivity index (χ2v) is 10.1. The Bertz CT molecular complexity index is 1320. The molecule has 0 fully saturated rings. The number of aromatic nitrogens is 1. The van der Waals surface area contributed by atoms with Crippen LogP contribution in [0.15, 0.2) is 79.0 Å². The monoisotopic (exact) mass is 462 g/mol. The Balaban J connectivity index is 1.67. The van der Waals surface area contributed by atoms with Crippen LogP contribution in [0.1, 0.15) is 43.4 Å². The van der Waals surface area contributed by atoms with Crippen LogP contribution < -0.4 is 9.46 Å². The number of anilines is 1. The number of fused-ring (bicyclic) bond motifs is 1. The van der Waals surface area contributed by atoms with E-state index in [-0.39, 0.29) is 5.41 Å². The third kappa shape index (κ3) is 4.76. The van der Waals surface area contributed by atoms with E-state index in [1.807, 2.05) is 48.7 Å². The van der Waals surface area contributed by atoms with Crippen molar-refractivity contribution in [3.8, 4) is 5.75 Å². The number of ether oxygens (including phenoxy) is 1. The van der Waals surface area contributed by atoms with Crippen LogP contribution in [-0.2, 0) is 22.0 Å². The summed E-state index contributed by atoms with van der Waals surface area (Å²) in [6.45, 7) is 4.92. The minimum Gasteiger partial charge on any atom is -0.489 e. The molecule has 0 saturated heterocycles. The number of rotatable bonds is 9. The molecule has 0 aliphatic rings. The summed E-state index contributed by atoms with van der Waals surface area (Å²) in [7, 11) is -3.37. The molecule has 0 aliphatic heterocycles. The van der Waals surface area contributed by atoms with Crippen molar-refractivity contribution in [1.82, 2.24) is 4.98 Å². The van der Waals surface area contributed by atoms with Crippen molar-refractivity contribution in [2.24, 2.45) is 0 Å². The molecule has 0 amide bonds. The van der Waals surface area contributed by atoms with Crippen molar-refractivity contribution in [2.75, 3.05) is 11.0 Å². The largest absolute Gasteiger partial charge is 0.489 e. The van der Waals surface area contributed by atoms with Crippen molar-refractivity contribution in [3.63, 3.8) is 0 Å². The smallest absolute Gasteiger partial charge is 0.229 e. The fourth-order valence-corrected chi connectivity index (χ4v) is 5.21. The van der Waals surface area contributed by atoms with Gasteiger partial charge in [0.15, 0.2) is 0 Å². The second kappa shape index (κ2) is 9.32. The highest BCUT2D eigenvalue weighted by Crippen LogP contribution is 2.43. The minimum absolute atomic E-state index is 0.208. The molecule has 0 saturated carbocycles. The van der Waals surface area contributed by atoms with Crippen LogP contribution in [0.3, 0.4) is 0 Å². The molecular weight excluding hydrogens is 432 g/mol. The number of benzene rings is 3. The number of hydrogen-bond donors (Lipinski definition) is 2. The van der Waals surface area contributed by atoms with Crippen LogP contribution in [-0.4, -0.2) is 19.7 Å². The molecule has 172 valence electrons. The number of para-hydroxylation sites is 1. The fourth-order valence-electron chi connectivity index (χ4n) is 4.64. The molecule has 0 spiro atoms. The molecule has 4 aromatic rings. The first-order valence-electron chi connectivity index (χ1n) is 11.2. The van der Waals surface area contributed by atoms with Gasteiger partial charge in [-0.15, -0.1) is 0 Å². The van der Waals surface area contributed by atoms with Crippen molar-refractivity contribution in [3.05, 3.63) is 95.7 Å². The fraction of sp³-hybridized carbons (Fsp3) is 0.259. The molecule has 0 atom stereocenters. The number of hydrogen-bond acceptors (Lipinski definition) is 3. The number of H-pyrrole nitrogens is 1. The van der Waals surface area contributed by atoms with Crippen LogP contribution in [0.25, 0.3) is 10.9 Å². The number of aromatic amines is 1. The molecular formula is C27H30N2O3S. The maximum atomic E-state index is 11.8. The summed E-state index contributed by atoms with van der Waals surface area (Å²) < 4.78 is 32.2. The molecule has 5 nitrogen and oxygen atoms in total. The molecule has 3 aromatic carbocycles. The highest BCUT2D eigenvalue weighted by atomic mass is 32.2. The van der Waals surface area contributed by atoms with Crippen molar-refractivity contribution in [1.29, 1.82) is 0 Å². The van der Waals surface area contributed by atoms with E-state index >= 15 is 0 Å². The minimum atomic E-state index is -3.37. The maximum Gasteiger partial charge on any atom is 0.229 e. The van der Waals surface area contributed by atoms with Gasteiger partial charge in [0.25, 0.3) is 0 Å². The lowest BCUT2D eigenvalue weighted by Gasteiger charge is -2.33. The predicted octanol–water partition coefficient (Wildman–Crippen LogP) is 6.22. The Morgan fingerprint density at radius 3 is 2.24 bits per heavy atom. The van der Waals surface area contributed by atoms with E-state index < -0.39 is 10.0 Å². The average molecular weight is 463 g/mol. The van der Waals surface area contributed by atoms with Gasteiger partial charge in [-0.25, -0.2) is 8.42 Å². The highest BCUT2D eigenvalue weighted by molar-refractivity contribution is 7.92.